The van der Waals surface area contributed by atoms with Crippen molar-refractivity contribution in [3.8, 4) is 0 Å². The molecule has 5 heavy (non-hydrogen) atoms. The van der Waals surface area contributed by atoms with Crippen molar-refractivity contribution in [3.63, 3.8) is 0 Å². The van der Waals surface area contributed by atoms with E-state index >= 15 is 0 Å². The van der Waals surface area contributed by atoms with Crippen molar-refractivity contribution in [1.82, 2.24) is 0 Å². The molecule has 0 bridgehead atoms. The molecule has 0 saturated heterocycles. The second kappa shape index (κ2) is 149. The van der Waals surface area contributed by atoms with Gasteiger partial charge in [-0.05, 0) is 0 Å². The second-order valence-corrected chi connectivity index (χ2v) is 0. The van der Waals surface area contributed by atoms with Crippen molar-refractivity contribution >= 4 is 27.3 Å². The molecule has 0 nitrogen and oxygen atoms in total. The van der Waals surface area contributed by atoms with Gasteiger partial charge in [0.05, 0.1) is 0 Å². The van der Waals surface area contributed by atoms with Crippen LogP contribution in [0.3, 0.4) is 0 Å². The average Bonchev–Trinajstić information content (AvgIpc) is 0. The van der Waals surface area contributed by atoms with Crippen molar-refractivity contribution in [1.29, 1.82) is 0 Å². The Morgan fingerprint density at radius 1 is 0.600 bits per heavy atom. The Labute approximate surface area is 46.6 Å². The van der Waals surface area contributed by atoms with Crippen LogP contribution in [0.15, 0.2) is 0 Å². The number of halogens is 4. The summed E-state index contributed by atoms with van der Waals surface area (Å²) >= 11 is 0. The van der Waals surface area contributed by atoms with Gasteiger partial charge in [0, 0.05) is 0 Å². The number of rotatable bonds is 0. The summed E-state index contributed by atoms with van der Waals surface area (Å²) < 4.78 is 0. The van der Waals surface area contributed by atoms with E-state index < -0.39 is 0 Å². The Kier molecular flexibility index (Phi) is 8810. The maximum atomic E-state index is 0. The van der Waals surface area contributed by atoms with Crippen LogP contribution in [-0.4, -0.2) is 27.3 Å². The molecule has 2 radical (unpaired) electrons. The molecule has 0 spiro atoms. The van der Waals surface area contributed by atoms with Crippen LogP contribution in [0, 0.1) is 0 Å². The van der Waals surface area contributed by atoms with E-state index in [-0.39, 0.29) is 46.1 Å². The number of hydrogen-bond acceptors (Lipinski definition) is 0. The van der Waals surface area contributed by atoms with Gasteiger partial charge in [0.25, 0.3) is 0 Å². The molecule has 0 aliphatic carbocycles. The van der Waals surface area contributed by atoms with Crippen LogP contribution >= 0.6 is 0 Å². The van der Waals surface area contributed by atoms with Crippen LogP contribution in [0.1, 0.15) is 0 Å². The normalized spacial score (nSPS) is 0. The maximum Gasteiger partial charge on any atom is 2.00 e. The fourth-order valence-corrected chi connectivity index (χ4v) is 0. The molecule has 0 N–H and O–H groups in total. The minimum Gasteiger partial charge on any atom is -1.00 e. The summed E-state index contributed by atoms with van der Waals surface area (Å²) in [5.41, 5.74) is 0. The summed E-state index contributed by atoms with van der Waals surface area (Å²) in [6.07, 6.45) is 0. The Morgan fingerprint density at radius 2 is 0.600 bits per heavy atom. The minimum atomic E-state index is 0. The summed E-state index contributed by atoms with van der Waals surface area (Å²) in [5, 5.41) is 0. The SMILES string of the molecule is F.F.[F-].[F-].[Pb+2]. The van der Waals surface area contributed by atoms with Crippen LogP contribution < -0.4 is 9.41 Å². The molecule has 0 aromatic heterocycles. The van der Waals surface area contributed by atoms with Crippen molar-refractivity contribution < 1.29 is 18.8 Å². The van der Waals surface area contributed by atoms with Crippen LogP contribution in [0.5, 0.6) is 0 Å². The summed E-state index contributed by atoms with van der Waals surface area (Å²) in [4.78, 5) is 0. The van der Waals surface area contributed by atoms with E-state index in [1.54, 1.807) is 0 Å². The molecule has 5 heteroatoms. The fourth-order valence-electron chi connectivity index (χ4n) is 0. The fraction of sp³-hybridized carbons (Fsp3) is 0. The molecule has 0 heterocycles. The third kappa shape index (κ3) is 78.6. The molecule has 0 aliphatic heterocycles. The molecule has 0 atom stereocenters. The quantitative estimate of drug-likeness (QED) is 0.307. The van der Waals surface area contributed by atoms with Gasteiger partial charge < -0.3 is 9.41 Å². The molecule has 0 aromatic rings. The summed E-state index contributed by atoms with van der Waals surface area (Å²) in [6.45, 7) is 0. The Morgan fingerprint density at radius 3 is 0.600 bits per heavy atom. The van der Waals surface area contributed by atoms with Crippen LogP contribution in [0.25, 0.3) is 0 Å². The maximum absolute atomic E-state index is 0. The topological polar surface area (TPSA) is 0 Å². The smallest absolute Gasteiger partial charge is 1.00 e. The molecular weight excluding hydrogens is 283 g/mol. The Bertz CT molecular complexity index is 3.61. The molecule has 0 aliphatic rings. The van der Waals surface area contributed by atoms with Crippen LogP contribution in [0.2, 0.25) is 0 Å². The zero-order chi connectivity index (χ0) is 0. The van der Waals surface area contributed by atoms with E-state index in [9.17, 15) is 0 Å². The van der Waals surface area contributed by atoms with E-state index in [0.717, 1.165) is 0 Å². The zero-order valence-electron chi connectivity index (χ0n) is 2.07. The molecule has 0 amide bonds. The van der Waals surface area contributed by atoms with Crippen LogP contribution in [-0.2, 0) is 0 Å². The first kappa shape index (κ1) is 295. The molecule has 0 fully saturated rings. The largest absolute Gasteiger partial charge is 2.00 e. The Hall–Kier alpha value is 0.642. The third-order valence-electron chi connectivity index (χ3n) is 0. The van der Waals surface area contributed by atoms with Gasteiger partial charge in [-0.3, -0.25) is 9.41 Å². The van der Waals surface area contributed by atoms with Gasteiger partial charge in [-0.2, -0.15) is 0 Å². The summed E-state index contributed by atoms with van der Waals surface area (Å²) in [7, 11) is 0. The van der Waals surface area contributed by atoms with Crippen LogP contribution in [0.4, 0.5) is 9.41 Å². The van der Waals surface area contributed by atoms with Gasteiger partial charge in [-0.1, -0.05) is 0 Å². The predicted molar refractivity (Wildman–Crippen MR) is 10.8 cm³/mol. The molecule has 0 rings (SSSR count). The van der Waals surface area contributed by atoms with E-state index in [1.807, 2.05) is 0 Å². The first-order valence-corrected chi connectivity index (χ1v) is 0. The van der Waals surface area contributed by atoms with Crippen molar-refractivity contribution in [2.45, 2.75) is 0 Å². The number of hydrogen-bond donors (Lipinski definition) is 0. The molecule has 0 aromatic carbocycles. The minimum absolute atomic E-state index is 0. The first-order chi connectivity index (χ1) is 0. The van der Waals surface area contributed by atoms with Gasteiger partial charge in [0.2, 0.25) is 0 Å². The van der Waals surface area contributed by atoms with E-state index in [2.05, 4.69) is 0 Å². The van der Waals surface area contributed by atoms with Crippen molar-refractivity contribution in [3.05, 3.63) is 0 Å². The molecule has 0 unspecified atom stereocenters. The Balaban J connectivity index is 0. The van der Waals surface area contributed by atoms with Crippen molar-refractivity contribution in [2.24, 2.45) is 0 Å². The molecular formula is H2F4Pb. The summed E-state index contributed by atoms with van der Waals surface area (Å²) in [5.74, 6) is 0. The zero-order valence-corrected chi connectivity index (χ0v) is 5.96. The molecule has 0 saturated carbocycles. The predicted octanol–water partition coefficient (Wildman–Crippen LogP) is -6.07. The average molecular weight is 285 g/mol. The van der Waals surface area contributed by atoms with Gasteiger partial charge in [-0.25, -0.2) is 0 Å². The standard InChI is InChI=1S/4FH.Pb/h4*1H;/q;;;;+2/p-2. The van der Waals surface area contributed by atoms with E-state index in [4.69, 9.17) is 0 Å². The molecule has 34 valence electrons. The van der Waals surface area contributed by atoms with Gasteiger partial charge in [0.15, 0.2) is 0 Å². The monoisotopic (exact) mass is 286 g/mol. The van der Waals surface area contributed by atoms with E-state index in [0.29, 0.717) is 0 Å². The third-order valence-corrected chi connectivity index (χ3v) is 0. The summed E-state index contributed by atoms with van der Waals surface area (Å²) in [6, 6.07) is 0. The first-order valence-electron chi connectivity index (χ1n) is 0. The van der Waals surface area contributed by atoms with Gasteiger partial charge in [-0.15, -0.1) is 0 Å². The second-order valence-electron chi connectivity index (χ2n) is 0. The van der Waals surface area contributed by atoms with E-state index in [1.165, 1.54) is 0 Å². The van der Waals surface area contributed by atoms with Crippen molar-refractivity contribution in [2.75, 3.05) is 0 Å². The van der Waals surface area contributed by atoms with Gasteiger partial charge >= 0.3 is 27.3 Å². The van der Waals surface area contributed by atoms with Gasteiger partial charge in [0.1, 0.15) is 0 Å².